The topological polar surface area (TPSA) is 55.8 Å². The number of carboxylic acids is 1. The van der Waals surface area contributed by atoms with Crippen molar-refractivity contribution in [1.29, 1.82) is 0 Å². The van der Waals surface area contributed by atoms with Crippen LogP contribution in [0.3, 0.4) is 0 Å². The lowest BCUT2D eigenvalue weighted by atomic mass is 9.83. The predicted molar refractivity (Wildman–Crippen MR) is 91.7 cm³/mol. The van der Waals surface area contributed by atoms with Crippen LogP contribution in [-0.2, 0) is 20.9 Å². The summed E-state index contributed by atoms with van der Waals surface area (Å²) in [5, 5.41) is 8.67. The van der Waals surface area contributed by atoms with Crippen LogP contribution < -0.4 is 0 Å². The van der Waals surface area contributed by atoms with Crippen molar-refractivity contribution in [2.45, 2.75) is 76.3 Å². The van der Waals surface area contributed by atoms with Crippen LogP contribution in [0.2, 0.25) is 0 Å². The molecule has 132 valence electrons. The third kappa shape index (κ3) is 4.58. The van der Waals surface area contributed by atoms with E-state index in [2.05, 4.69) is 12.1 Å². The Morgan fingerprint density at radius 3 is 2.62 bits per heavy atom. The zero-order valence-corrected chi connectivity index (χ0v) is 14.2. The molecule has 2 saturated heterocycles. The van der Waals surface area contributed by atoms with E-state index in [9.17, 15) is 4.79 Å². The number of aliphatic carboxylic acids is 1. The Kier molecular flexibility index (Phi) is 6.27. The van der Waals surface area contributed by atoms with Gasteiger partial charge in [0.2, 0.25) is 0 Å². The van der Waals surface area contributed by atoms with Gasteiger partial charge in [0.25, 0.3) is 0 Å². The molecule has 1 N–H and O–H groups in total. The highest BCUT2D eigenvalue weighted by Gasteiger charge is 2.49. The molecule has 0 spiro atoms. The second-order valence-electron chi connectivity index (χ2n) is 7.06. The Labute approximate surface area is 144 Å². The summed E-state index contributed by atoms with van der Waals surface area (Å²) in [6, 6.07) is 10.3. The first-order valence-corrected chi connectivity index (χ1v) is 9.27. The highest BCUT2D eigenvalue weighted by Crippen LogP contribution is 2.43. The molecular weight excluding hydrogens is 304 g/mol. The Balaban J connectivity index is 1.42. The number of ether oxygens (including phenoxy) is 2. The minimum Gasteiger partial charge on any atom is -0.481 e. The van der Waals surface area contributed by atoms with Crippen molar-refractivity contribution >= 4 is 5.97 Å². The Morgan fingerprint density at radius 1 is 1.08 bits per heavy atom. The van der Waals surface area contributed by atoms with Crippen LogP contribution in [0.25, 0.3) is 0 Å². The summed E-state index contributed by atoms with van der Waals surface area (Å²) in [5.74, 6) is -0.183. The molecule has 4 atom stereocenters. The number of hydrogen-bond acceptors (Lipinski definition) is 3. The predicted octanol–water partition coefficient (Wildman–Crippen LogP) is 4.17. The van der Waals surface area contributed by atoms with Gasteiger partial charge >= 0.3 is 5.97 Å². The molecule has 0 amide bonds. The van der Waals surface area contributed by atoms with Crippen LogP contribution >= 0.6 is 0 Å². The quantitative estimate of drug-likeness (QED) is 0.653. The van der Waals surface area contributed by atoms with E-state index in [1.54, 1.807) is 0 Å². The largest absolute Gasteiger partial charge is 0.481 e. The fourth-order valence-corrected chi connectivity index (χ4v) is 4.09. The van der Waals surface area contributed by atoms with Gasteiger partial charge in [-0.1, -0.05) is 49.6 Å². The minimum absolute atomic E-state index is 0.225. The fraction of sp³-hybridized carbons (Fsp3) is 0.650. The summed E-state index contributed by atoms with van der Waals surface area (Å²) in [5.41, 5.74) is 1.22. The van der Waals surface area contributed by atoms with Crippen molar-refractivity contribution in [3.05, 3.63) is 35.9 Å². The summed E-state index contributed by atoms with van der Waals surface area (Å²) in [4.78, 5) is 10.5. The van der Waals surface area contributed by atoms with Gasteiger partial charge in [0.15, 0.2) is 0 Å². The highest BCUT2D eigenvalue weighted by atomic mass is 16.6. The molecule has 0 radical (unpaired) electrons. The van der Waals surface area contributed by atoms with E-state index < -0.39 is 5.97 Å². The van der Waals surface area contributed by atoms with E-state index in [0.717, 1.165) is 38.5 Å². The number of unbranched alkanes of at least 4 members (excludes halogenated alkanes) is 3. The number of fused-ring (bicyclic) bond motifs is 2. The lowest BCUT2D eigenvalue weighted by Gasteiger charge is -2.28. The average Bonchev–Trinajstić information content (AvgIpc) is 3.18. The van der Waals surface area contributed by atoms with Gasteiger partial charge in [0, 0.05) is 12.3 Å². The second-order valence-corrected chi connectivity index (χ2v) is 7.06. The highest BCUT2D eigenvalue weighted by molar-refractivity contribution is 5.66. The molecular formula is C20H28O4. The van der Waals surface area contributed by atoms with Crippen LogP contribution in [0.4, 0.5) is 0 Å². The van der Waals surface area contributed by atoms with Crippen molar-refractivity contribution in [3.63, 3.8) is 0 Å². The molecule has 2 heterocycles. The Morgan fingerprint density at radius 2 is 1.83 bits per heavy atom. The first-order chi connectivity index (χ1) is 11.7. The van der Waals surface area contributed by atoms with Gasteiger partial charge in [-0.05, 0) is 31.2 Å². The first-order valence-electron chi connectivity index (χ1n) is 9.27. The van der Waals surface area contributed by atoms with Crippen LogP contribution in [0, 0.1) is 5.92 Å². The van der Waals surface area contributed by atoms with Crippen molar-refractivity contribution in [3.8, 4) is 0 Å². The number of benzene rings is 1. The molecule has 2 fully saturated rings. The van der Waals surface area contributed by atoms with E-state index in [1.165, 1.54) is 12.0 Å². The third-order valence-corrected chi connectivity index (χ3v) is 5.31. The van der Waals surface area contributed by atoms with Gasteiger partial charge in [0.1, 0.15) is 0 Å². The van der Waals surface area contributed by atoms with Crippen molar-refractivity contribution in [2.75, 3.05) is 0 Å². The van der Waals surface area contributed by atoms with Crippen LogP contribution in [0.5, 0.6) is 0 Å². The van der Waals surface area contributed by atoms with E-state index in [4.69, 9.17) is 14.6 Å². The van der Waals surface area contributed by atoms with Crippen LogP contribution in [0.15, 0.2) is 30.3 Å². The third-order valence-electron chi connectivity index (χ3n) is 5.31. The van der Waals surface area contributed by atoms with Gasteiger partial charge in [0.05, 0.1) is 24.9 Å². The maximum atomic E-state index is 10.5. The zero-order chi connectivity index (χ0) is 16.8. The molecule has 2 bridgehead atoms. The summed E-state index contributed by atoms with van der Waals surface area (Å²) < 4.78 is 12.3. The Hall–Kier alpha value is -1.39. The Bertz CT molecular complexity index is 516. The molecule has 2 aliphatic rings. The van der Waals surface area contributed by atoms with E-state index in [1.807, 2.05) is 18.2 Å². The molecule has 0 aromatic heterocycles. The molecule has 24 heavy (non-hydrogen) atoms. The lowest BCUT2D eigenvalue weighted by Crippen LogP contribution is -2.34. The maximum absolute atomic E-state index is 10.5. The number of carboxylic acid groups (broad SMARTS) is 1. The summed E-state index contributed by atoms with van der Waals surface area (Å²) in [7, 11) is 0. The molecule has 0 aliphatic carbocycles. The SMILES string of the molecule is O=C(O)CCCCCCC1C2CCC(O2)C1OCc1ccccc1. The average molecular weight is 332 g/mol. The molecule has 4 nitrogen and oxygen atoms in total. The van der Waals surface area contributed by atoms with Crippen molar-refractivity contribution in [1.82, 2.24) is 0 Å². The normalized spacial score (nSPS) is 28.3. The molecule has 3 rings (SSSR count). The molecule has 4 heteroatoms. The zero-order valence-electron chi connectivity index (χ0n) is 14.2. The summed E-state index contributed by atoms with van der Waals surface area (Å²) >= 11 is 0. The lowest BCUT2D eigenvalue weighted by molar-refractivity contribution is -0.137. The van der Waals surface area contributed by atoms with Gasteiger partial charge in [-0.2, -0.15) is 0 Å². The monoisotopic (exact) mass is 332 g/mol. The van der Waals surface area contributed by atoms with Crippen molar-refractivity contribution < 1.29 is 19.4 Å². The van der Waals surface area contributed by atoms with E-state index in [0.29, 0.717) is 25.0 Å². The van der Waals surface area contributed by atoms with Gasteiger partial charge < -0.3 is 14.6 Å². The number of hydrogen-bond donors (Lipinski definition) is 1. The molecule has 4 unspecified atom stereocenters. The van der Waals surface area contributed by atoms with Gasteiger partial charge in [-0.3, -0.25) is 4.79 Å². The smallest absolute Gasteiger partial charge is 0.303 e. The van der Waals surface area contributed by atoms with Gasteiger partial charge in [-0.15, -0.1) is 0 Å². The molecule has 0 saturated carbocycles. The van der Waals surface area contributed by atoms with Crippen molar-refractivity contribution in [2.24, 2.45) is 5.92 Å². The first kappa shape index (κ1) is 17.4. The molecule has 1 aromatic carbocycles. The van der Waals surface area contributed by atoms with Crippen LogP contribution in [0.1, 0.15) is 56.9 Å². The number of rotatable bonds is 10. The van der Waals surface area contributed by atoms with Gasteiger partial charge in [-0.25, -0.2) is 0 Å². The van der Waals surface area contributed by atoms with Crippen LogP contribution in [-0.4, -0.2) is 29.4 Å². The summed E-state index contributed by atoms with van der Waals surface area (Å²) in [6.45, 7) is 0.660. The van der Waals surface area contributed by atoms with E-state index in [-0.39, 0.29) is 12.2 Å². The second kappa shape index (κ2) is 8.63. The molecule has 2 aliphatic heterocycles. The summed E-state index contributed by atoms with van der Waals surface area (Å²) in [6.07, 6.45) is 8.62. The van der Waals surface area contributed by atoms with E-state index >= 15 is 0 Å². The number of carbonyl (C=O) groups is 1. The maximum Gasteiger partial charge on any atom is 0.303 e. The molecule has 1 aromatic rings. The minimum atomic E-state index is -0.689. The standard InChI is InChI=1S/C20H28O4/c21-19(22)11-7-2-1-6-10-16-17-12-13-18(24-17)20(16)23-14-15-8-4-3-5-9-15/h3-5,8-9,16-18,20H,1-2,6-7,10-14H2,(H,21,22). The fourth-order valence-electron chi connectivity index (χ4n) is 4.09.